The third kappa shape index (κ3) is 6.61. The lowest BCUT2D eigenvalue weighted by atomic mass is 10.1. The number of carbonyl (C=O) groups excluding carboxylic acids is 4. The average Bonchev–Trinajstić information content (AvgIpc) is 3.18. The molecule has 1 N–H and O–H groups in total. The van der Waals surface area contributed by atoms with Crippen LogP contribution < -0.4 is 10.2 Å². The Kier molecular flexibility index (Phi) is 7.76. The molecular weight excluding hydrogens is 431 g/mol. The fraction of sp³-hybridized carbons (Fsp3) is 0.333. The monoisotopic (exact) mass is 456 g/mol. The Balaban J connectivity index is 1.46. The Labute approximate surface area is 190 Å². The summed E-state index contributed by atoms with van der Waals surface area (Å²) in [5, 5.41) is 2.57. The van der Waals surface area contributed by atoms with Crippen molar-refractivity contribution in [3.05, 3.63) is 59.9 Å². The molecule has 1 fully saturated rings. The first-order valence-electron chi connectivity index (χ1n) is 10.5. The van der Waals surface area contributed by atoms with Crippen LogP contribution in [0.5, 0.6) is 0 Å². The standard InChI is InChI=1S/C24H25FN2O6/c1-15(2)13-32-23(30)16-3-7-19(8-4-16)26-21(28)14-33-24(31)17-11-22(29)27(12-17)20-9-5-18(25)6-10-20/h3-10,15,17H,11-14H2,1-2H3,(H,26,28)/t17-/m1/s1. The van der Waals surface area contributed by atoms with Crippen LogP contribution in [0.15, 0.2) is 48.5 Å². The van der Waals surface area contributed by atoms with Crippen molar-refractivity contribution >= 4 is 35.1 Å². The van der Waals surface area contributed by atoms with Gasteiger partial charge in [0.25, 0.3) is 5.91 Å². The van der Waals surface area contributed by atoms with Crippen molar-refractivity contribution in [3.8, 4) is 0 Å². The molecule has 33 heavy (non-hydrogen) atoms. The fourth-order valence-corrected chi connectivity index (χ4v) is 3.20. The Hall–Kier alpha value is -3.75. The van der Waals surface area contributed by atoms with E-state index in [4.69, 9.17) is 9.47 Å². The van der Waals surface area contributed by atoms with Gasteiger partial charge in [0.15, 0.2) is 6.61 Å². The van der Waals surface area contributed by atoms with Crippen LogP contribution in [0.25, 0.3) is 0 Å². The highest BCUT2D eigenvalue weighted by Crippen LogP contribution is 2.26. The minimum absolute atomic E-state index is 0.0494. The van der Waals surface area contributed by atoms with Crippen molar-refractivity contribution in [3.63, 3.8) is 0 Å². The Morgan fingerprint density at radius 3 is 2.36 bits per heavy atom. The lowest BCUT2D eigenvalue weighted by molar-refractivity contribution is -0.151. The molecular formula is C24H25FN2O6. The first kappa shape index (κ1) is 23.9. The zero-order valence-electron chi connectivity index (χ0n) is 18.4. The van der Waals surface area contributed by atoms with Crippen LogP contribution in [-0.2, 0) is 23.9 Å². The molecule has 0 bridgehead atoms. The Morgan fingerprint density at radius 2 is 1.73 bits per heavy atom. The topological polar surface area (TPSA) is 102 Å². The quantitative estimate of drug-likeness (QED) is 0.613. The number of nitrogens with one attached hydrogen (secondary N) is 1. The van der Waals surface area contributed by atoms with E-state index in [1.54, 1.807) is 12.1 Å². The molecule has 0 aromatic heterocycles. The van der Waals surface area contributed by atoms with Crippen molar-refractivity contribution in [2.45, 2.75) is 20.3 Å². The van der Waals surface area contributed by atoms with Gasteiger partial charge >= 0.3 is 11.9 Å². The van der Waals surface area contributed by atoms with E-state index in [0.717, 1.165) is 0 Å². The van der Waals surface area contributed by atoms with Gasteiger partial charge in [-0.25, -0.2) is 9.18 Å². The minimum Gasteiger partial charge on any atom is -0.462 e. The lowest BCUT2D eigenvalue weighted by Gasteiger charge is -2.16. The second kappa shape index (κ2) is 10.7. The normalized spacial score (nSPS) is 15.5. The maximum atomic E-state index is 13.1. The van der Waals surface area contributed by atoms with Crippen molar-refractivity contribution in [1.29, 1.82) is 0 Å². The number of amides is 2. The highest BCUT2D eigenvalue weighted by atomic mass is 19.1. The number of esters is 2. The van der Waals surface area contributed by atoms with Gasteiger partial charge in [-0.15, -0.1) is 0 Å². The van der Waals surface area contributed by atoms with E-state index < -0.39 is 36.2 Å². The molecule has 2 amide bonds. The Bertz CT molecular complexity index is 1020. The average molecular weight is 456 g/mol. The molecule has 0 spiro atoms. The van der Waals surface area contributed by atoms with E-state index in [-0.39, 0.29) is 24.8 Å². The van der Waals surface area contributed by atoms with E-state index in [0.29, 0.717) is 23.5 Å². The molecule has 0 saturated carbocycles. The van der Waals surface area contributed by atoms with Crippen LogP contribution in [0.4, 0.5) is 15.8 Å². The highest BCUT2D eigenvalue weighted by molar-refractivity contribution is 6.00. The number of nitrogens with zero attached hydrogens (tertiary/aromatic N) is 1. The molecule has 3 rings (SSSR count). The number of anilines is 2. The van der Waals surface area contributed by atoms with Gasteiger partial charge < -0.3 is 19.7 Å². The van der Waals surface area contributed by atoms with Crippen molar-refractivity contribution in [1.82, 2.24) is 0 Å². The van der Waals surface area contributed by atoms with Crippen molar-refractivity contribution in [2.24, 2.45) is 11.8 Å². The summed E-state index contributed by atoms with van der Waals surface area (Å²) in [4.78, 5) is 50.0. The SMILES string of the molecule is CC(C)COC(=O)c1ccc(NC(=O)COC(=O)[C@@H]2CC(=O)N(c3ccc(F)cc3)C2)cc1. The van der Waals surface area contributed by atoms with E-state index in [1.807, 2.05) is 13.8 Å². The van der Waals surface area contributed by atoms with Gasteiger partial charge in [0, 0.05) is 24.3 Å². The molecule has 1 saturated heterocycles. The number of benzene rings is 2. The predicted molar refractivity (Wildman–Crippen MR) is 118 cm³/mol. The van der Waals surface area contributed by atoms with Gasteiger partial charge in [-0.05, 0) is 54.4 Å². The van der Waals surface area contributed by atoms with Crippen LogP contribution >= 0.6 is 0 Å². The zero-order chi connectivity index (χ0) is 24.0. The van der Waals surface area contributed by atoms with E-state index >= 15 is 0 Å². The van der Waals surface area contributed by atoms with E-state index in [9.17, 15) is 23.6 Å². The molecule has 0 radical (unpaired) electrons. The summed E-state index contributed by atoms with van der Waals surface area (Å²) in [7, 11) is 0. The fourth-order valence-electron chi connectivity index (χ4n) is 3.20. The minimum atomic E-state index is -0.716. The molecule has 1 atom stereocenters. The third-order valence-corrected chi connectivity index (χ3v) is 4.89. The summed E-state index contributed by atoms with van der Waals surface area (Å²) in [6, 6.07) is 11.5. The van der Waals surface area contributed by atoms with Crippen molar-refractivity contribution < 1.29 is 33.0 Å². The largest absolute Gasteiger partial charge is 0.462 e. The maximum absolute atomic E-state index is 13.1. The number of rotatable bonds is 8. The van der Waals surface area contributed by atoms with Crippen molar-refractivity contribution in [2.75, 3.05) is 30.0 Å². The molecule has 1 aliphatic rings. The number of carbonyl (C=O) groups is 4. The summed E-state index contributed by atoms with van der Waals surface area (Å²) in [5.41, 5.74) is 1.28. The van der Waals surface area contributed by atoms with Crippen LogP contribution in [0.2, 0.25) is 0 Å². The molecule has 2 aromatic carbocycles. The number of hydrogen-bond acceptors (Lipinski definition) is 6. The molecule has 174 valence electrons. The zero-order valence-corrected chi connectivity index (χ0v) is 18.4. The first-order chi connectivity index (χ1) is 15.7. The summed E-state index contributed by atoms with van der Waals surface area (Å²) < 4.78 is 23.3. The number of hydrogen-bond donors (Lipinski definition) is 1. The second-order valence-electron chi connectivity index (χ2n) is 8.11. The molecule has 1 heterocycles. The highest BCUT2D eigenvalue weighted by Gasteiger charge is 2.36. The van der Waals surface area contributed by atoms with Gasteiger partial charge in [0.1, 0.15) is 5.82 Å². The van der Waals surface area contributed by atoms with E-state index in [1.165, 1.54) is 41.3 Å². The van der Waals surface area contributed by atoms with Gasteiger partial charge in [-0.3, -0.25) is 14.4 Å². The lowest BCUT2D eigenvalue weighted by Crippen LogP contribution is -2.28. The van der Waals surface area contributed by atoms with Crippen LogP contribution in [0.1, 0.15) is 30.6 Å². The number of ether oxygens (including phenoxy) is 2. The molecule has 8 nitrogen and oxygen atoms in total. The van der Waals surface area contributed by atoms with Crippen LogP contribution in [0.3, 0.4) is 0 Å². The maximum Gasteiger partial charge on any atom is 0.338 e. The molecule has 1 aliphatic heterocycles. The van der Waals surface area contributed by atoms with Crippen LogP contribution in [-0.4, -0.2) is 43.5 Å². The third-order valence-electron chi connectivity index (χ3n) is 4.89. The summed E-state index contributed by atoms with van der Waals surface area (Å²) >= 11 is 0. The summed E-state index contributed by atoms with van der Waals surface area (Å²) in [6.07, 6.45) is -0.0494. The summed E-state index contributed by atoms with van der Waals surface area (Å²) in [5.74, 6) is -2.86. The van der Waals surface area contributed by atoms with Gasteiger partial charge in [0.2, 0.25) is 5.91 Å². The predicted octanol–water partition coefficient (Wildman–Crippen LogP) is 3.17. The van der Waals surface area contributed by atoms with Gasteiger partial charge in [0.05, 0.1) is 18.1 Å². The van der Waals surface area contributed by atoms with Crippen LogP contribution in [0, 0.1) is 17.7 Å². The first-order valence-corrected chi connectivity index (χ1v) is 10.5. The second-order valence-corrected chi connectivity index (χ2v) is 8.11. The number of halogens is 1. The van der Waals surface area contributed by atoms with E-state index in [2.05, 4.69) is 5.32 Å². The van der Waals surface area contributed by atoms with Gasteiger partial charge in [-0.2, -0.15) is 0 Å². The summed E-state index contributed by atoms with van der Waals surface area (Å²) in [6.45, 7) is 3.77. The Morgan fingerprint density at radius 1 is 1.06 bits per heavy atom. The molecule has 9 heteroatoms. The molecule has 2 aromatic rings. The molecule has 0 unspecified atom stereocenters. The smallest absolute Gasteiger partial charge is 0.338 e. The van der Waals surface area contributed by atoms with Gasteiger partial charge in [-0.1, -0.05) is 13.8 Å². The molecule has 0 aliphatic carbocycles.